The Bertz CT molecular complexity index is 576. The Morgan fingerprint density at radius 3 is 2.41 bits per heavy atom. The van der Waals surface area contributed by atoms with Gasteiger partial charge in [-0.3, -0.25) is 14.4 Å². The third-order valence-electron chi connectivity index (χ3n) is 3.10. The molecule has 1 atom stereocenters. The van der Waals surface area contributed by atoms with Gasteiger partial charge in [-0.25, -0.2) is 0 Å². The number of hydrogen-bond acceptors (Lipinski definition) is 3. The van der Waals surface area contributed by atoms with E-state index in [1.165, 1.54) is 0 Å². The van der Waals surface area contributed by atoms with Crippen LogP contribution in [0.1, 0.15) is 43.6 Å². The number of amides is 3. The van der Waals surface area contributed by atoms with Gasteiger partial charge in [0.15, 0.2) is 0 Å². The number of nitrogens with one attached hydrogen (secondary N) is 2. The zero-order valence-corrected chi connectivity index (χ0v) is 13.4. The molecule has 0 aliphatic heterocycles. The second-order valence-electron chi connectivity index (χ2n) is 6.23. The Hall–Kier alpha value is -2.37. The second kappa shape index (κ2) is 7.06. The van der Waals surface area contributed by atoms with Gasteiger partial charge in [0.05, 0.1) is 0 Å². The van der Waals surface area contributed by atoms with Crippen LogP contribution in [0.4, 0.5) is 0 Å². The fourth-order valence-corrected chi connectivity index (χ4v) is 1.66. The minimum absolute atomic E-state index is 0.189. The summed E-state index contributed by atoms with van der Waals surface area (Å²) >= 11 is 0. The molecule has 6 nitrogen and oxygen atoms in total. The smallest absolute Gasteiger partial charge is 0.248 e. The van der Waals surface area contributed by atoms with Crippen molar-refractivity contribution in [3.8, 4) is 0 Å². The molecule has 1 aromatic carbocycles. The first-order valence-corrected chi connectivity index (χ1v) is 7.08. The van der Waals surface area contributed by atoms with Crippen LogP contribution in [0.25, 0.3) is 0 Å². The van der Waals surface area contributed by atoms with Gasteiger partial charge in [0.1, 0.15) is 6.04 Å². The Kier molecular flexibility index (Phi) is 5.68. The first kappa shape index (κ1) is 17.7. The summed E-state index contributed by atoms with van der Waals surface area (Å²) < 4.78 is 0. The van der Waals surface area contributed by atoms with Crippen LogP contribution < -0.4 is 16.4 Å². The average molecular weight is 305 g/mol. The maximum absolute atomic E-state index is 12.0. The van der Waals surface area contributed by atoms with Crippen LogP contribution in [0.15, 0.2) is 24.3 Å². The van der Waals surface area contributed by atoms with E-state index in [0.29, 0.717) is 5.56 Å². The molecule has 0 aromatic heterocycles. The quantitative estimate of drug-likeness (QED) is 0.755. The molecule has 0 saturated carbocycles. The third-order valence-corrected chi connectivity index (χ3v) is 3.10. The summed E-state index contributed by atoms with van der Waals surface area (Å²) in [6.07, 6.45) is 0. The van der Waals surface area contributed by atoms with Crippen molar-refractivity contribution >= 4 is 17.7 Å². The Balaban J connectivity index is 2.57. The van der Waals surface area contributed by atoms with Gasteiger partial charge in [0.2, 0.25) is 17.7 Å². The van der Waals surface area contributed by atoms with Gasteiger partial charge >= 0.3 is 0 Å². The van der Waals surface area contributed by atoms with Crippen LogP contribution in [-0.2, 0) is 16.1 Å². The minimum atomic E-state index is -0.633. The van der Waals surface area contributed by atoms with Gasteiger partial charge in [-0.1, -0.05) is 32.9 Å². The molecule has 0 spiro atoms. The van der Waals surface area contributed by atoms with Crippen molar-refractivity contribution < 1.29 is 14.4 Å². The highest BCUT2D eigenvalue weighted by atomic mass is 16.2. The van der Waals surface area contributed by atoms with Crippen LogP contribution in [0, 0.1) is 5.41 Å². The van der Waals surface area contributed by atoms with E-state index in [4.69, 9.17) is 5.73 Å². The lowest BCUT2D eigenvalue weighted by Crippen LogP contribution is -2.48. The first-order valence-electron chi connectivity index (χ1n) is 7.08. The number of nitrogens with two attached hydrogens (primary N) is 1. The van der Waals surface area contributed by atoms with Crippen molar-refractivity contribution in [2.45, 2.75) is 40.3 Å². The monoisotopic (exact) mass is 305 g/mol. The Morgan fingerprint density at radius 2 is 1.86 bits per heavy atom. The summed E-state index contributed by atoms with van der Waals surface area (Å²) in [7, 11) is 0. The highest BCUT2D eigenvalue weighted by Crippen LogP contribution is 2.12. The van der Waals surface area contributed by atoms with Crippen LogP contribution in [0.2, 0.25) is 0 Å². The molecule has 22 heavy (non-hydrogen) atoms. The predicted octanol–water partition coefficient (Wildman–Crippen LogP) is 0.953. The average Bonchev–Trinajstić information content (AvgIpc) is 2.43. The van der Waals surface area contributed by atoms with E-state index in [1.807, 2.05) is 0 Å². The topological polar surface area (TPSA) is 101 Å². The van der Waals surface area contributed by atoms with E-state index >= 15 is 0 Å². The van der Waals surface area contributed by atoms with Crippen molar-refractivity contribution in [3.63, 3.8) is 0 Å². The van der Waals surface area contributed by atoms with E-state index in [1.54, 1.807) is 52.0 Å². The molecule has 0 heterocycles. The summed E-state index contributed by atoms with van der Waals surface area (Å²) in [4.78, 5) is 34.9. The zero-order chi connectivity index (χ0) is 16.9. The highest BCUT2D eigenvalue weighted by Gasteiger charge is 2.24. The molecule has 0 radical (unpaired) electrons. The molecular formula is C16H23N3O3. The molecule has 1 rings (SSSR count). The van der Waals surface area contributed by atoms with Gasteiger partial charge < -0.3 is 16.4 Å². The van der Waals surface area contributed by atoms with Crippen molar-refractivity contribution in [1.29, 1.82) is 0 Å². The molecule has 120 valence electrons. The van der Waals surface area contributed by atoms with Gasteiger partial charge in [-0.05, 0) is 24.6 Å². The van der Waals surface area contributed by atoms with Crippen molar-refractivity contribution in [2.24, 2.45) is 11.1 Å². The number of carbonyl (C=O) groups excluding carboxylic acids is 3. The maximum Gasteiger partial charge on any atom is 0.248 e. The van der Waals surface area contributed by atoms with Crippen molar-refractivity contribution in [1.82, 2.24) is 10.6 Å². The van der Waals surface area contributed by atoms with Gasteiger partial charge in [0, 0.05) is 17.5 Å². The molecule has 0 aliphatic rings. The summed E-state index contributed by atoms with van der Waals surface area (Å²) in [5.74, 6) is -0.994. The summed E-state index contributed by atoms with van der Waals surface area (Å²) in [6.45, 7) is 7.22. The number of rotatable bonds is 5. The van der Waals surface area contributed by atoms with E-state index in [9.17, 15) is 14.4 Å². The fraction of sp³-hybridized carbons (Fsp3) is 0.438. The van der Waals surface area contributed by atoms with E-state index in [2.05, 4.69) is 10.6 Å². The molecular weight excluding hydrogens is 282 g/mol. The number of benzene rings is 1. The lowest BCUT2D eigenvalue weighted by atomic mass is 9.95. The lowest BCUT2D eigenvalue weighted by Gasteiger charge is -2.21. The molecule has 1 aromatic rings. The van der Waals surface area contributed by atoms with Gasteiger partial charge in [0.25, 0.3) is 0 Å². The molecule has 6 heteroatoms. The van der Waals surface area contributed by atoms with Gasteiger partial charge in [-0.15, -0.1) is 0 Å². The Labute approximate surface area is 130 Å². The van der Waals surface area contributed by atoms with Crippen LogP contribution in [0.5, 0.6) is 0 Å². The second-order valence-corrected chi connectivity index (χ2v) is 6.23. The van der Waals surface area contributed by atoms with Crippen LogP contribution in [0.3, 0.4) is 0 Å². The molecule has 3 amide bonds. The van der Waals surface area contributed by atoms with E-state index in [-0.39, 0.29) is 18.4 Å². The van der Waals surface area contributed by atoms with Crippen LogP contribution >= 0.6 is 0 Å². The normalized spacial score (nSPS) is 12.4. The van der Waals surface area contributed by atoms with Gasteiger partial charge in [-0.2, -0.15) is 0 Å². The van der Waals surface area contributed by atoms with Crippen molar-refractivity contribution in [3.05, 3.63) is 35.4 Å². The predicted molar refractivity (Wildman–Crippen MR) is 83.9 cm³/mol. The Morgan fingerprint density at radius 1 is 1.23 bits per heavy atom. The molecule has 0 bridgehead atoms. The molecule has 4 N–H and O–H groups in total. The largest absolute Gasteiger partial charge is 0.366 e. The summed E-state index contributed by atoms with van der Waals surface area (Å²) in [5, 5.41) is 5.38. The maximum atomic E-state index is 12.0. The minimum Gasteiger partial charge on any atom is -0.366 e. The number of primary amides is 1. The standard InChI is InChI=1S/C16H23N3O3/c1-10(19-15(22)16(2,3)4)14(21)18-9-11-6-5-7-12(8-11)13(17)20/h5-8,10H,9H2,1-4H3,(H2,17,20)(H,18,21)(H,19,22). The molecule has 0 saturated heterocycles. The first-order chi connectivity index (χ1) is 10.1. The summed E-state index contributed by atoms with van der Waals surface area (Å²) in [5.41, 5.74) is 5.81. The molecule has 1 unspecified atom stereocenters. The SMILES string of the molecule is CC(NC(=O)C(C)(C)C)C(=O)NCc1cccc(C(N)=O)c1. The molecule has 0 aliphatic carbocycles. The van der Waals surface area contributed by atoms with E-state index < -0.39 is 17.4 Å². The fourth-order valence-electron chi connectivity index (χ4n) is 1.66. The number of carbonyl (C=O) groups is 3. The highest BCUT2D eigenvalue weighted by molar-refractivity contribution is 5.93. The summed E-state index contributed by atoms with van der Waals surface area (Å²) in [6, 6.07) is 6.09. The number of hydrogen-bond donors (Lipinski definition) is 3. The molecule has 0 fully saturated rings. The third kappa shape index (κ3) is 5.20. The van der Waals surface area contributed by atoms with E-state index in [0.717, 1.165) is 5.56 Å². The van der Waals surface area contributed by atoms with Crippen LogP contribution in [-0.4, -0.2) is 23.8 Å². The zero-order valence-electron chi connectivity index (χ0n) is 13.4. The van der Waals surface area contributed by atoms with Crippen molar-refractivity contribution in [2.75, 3.05) is 0 Å². The lowest BCUT2D eigenvalue weighted by molar-refractivity contribution is -0.133.